The zero-order chi connectivity index (χ0) is 21.7. The minimum atomic E-state index is -3.61. The maximum atomic E-state index is 12.6. The van der Waals surface area contributed by atoms with Crippen LogP contribution >= 0.6 is 34.5 Å². The van der Waals surface area contributed by atoms with Crippen LogP contribution in [0.15, 0.2) is 64.2 Å². The maximum Gasteiger partial charge on any atom is 0.344 e. The highest BCUT2D eigenvalue weighted by atomic mass is 35.5. The quantitative estimate of drug-likeness (QED) is 0.419. The molecule has 0 atom stereocenters. The molecule has 6 nitrogen and oxygen atoms in total. The van der Waals surface area contributed by atoms with Gasteiger partial charge in [-0.05, 0) is 47.8 Å². The van der Waals surface area contributed by atoms with Crippen LogP contribution in [-0.4, -0.2) is 28.0 Å². The topological polar surface area (TPSA) is 72.9 Å². The van der Waals surface area contributed by atoms with Crippen molar-refractivity contribution in [2.45, 2.75) is 10.8 Å². The van der Waals surface area contributed by atoms with E-state index in [2.05, 4.69) is 0 Å². The lowest BCUT2D eigenvalue weighted by molar-refractivity contribution is -0.147. The molecule has 2 aromatic carbocycles. The Labute approximate surface area is 188 Å². The van der Waals surface area contributed by atoms with Crippen LogP contribution in [0.1, 0.15) is 5.56 Å². The Kier molecular flexibility index (Phi) is 7.25. The van der Waals surface area contributed by atoms with Gasteiger partial charge in [0.1, 0.15) is 16.6 Å². The van der Waals surface area contributed by atoms with Crippen molar-refractivity contribution in [3.05, 3.63) is 75.6 Å². The first kappa shape index (κ1) is 22.4. The van der Waals surface area contributed by atoms with E-state index in [1.54, 1.807) is 60.0 Å². The summed E-state index contributed by atoms with van der Waals surface area (Å²) >= 11 is 13.0. The lowest BCUT2D eigenvalue weighted by Gasteiger charge is -2.18. The molecule has 1 aromatic heterocycles. The molecule has 1 heterocycles. The largest absolute Gasteiger partial charge is 0.482 e. The molecule has 3 rings (SSSR count). The second kappa shape index (κ2) is 9.70. The molecular weight excluding hydrogens is 469 g/mol. The number of carbonyl (C=O) groups excluding carboxylic acids is 1. The summed E-state index contributed by atoms with van der Waals surface area (Å²) < 4.78 is 37.1. The first-order valence-corrected chi connectivity index (χ1v) is 11.7. The lowest BCUT2D eigenvalue weighted by Crippen LogP contribution is -2.25. The molecule has 30 heavy (non-hydrogen) atoms. The summed E-state index contributed by atoms with van der Waals surface area (Å²) in [6.45, 7) is -0.295. The van der Waals surface area contributed by atoms with E-state index in [0.29, 0.717) is 27.0 Å². The Morgan fingerprint density at radius 3 is 2.47 bits per heavy atom. The third kappa shape index (κ3) is 5.46. The van der Waals surface area contributed by atoms with Gasteiger partial charge in [0.2, 0.25) is 0 Å². The Bertz CT molecular complexity index is 1120. The number of hydrogen-bond donors (Lipinski definition) is 0. The number of nitrogens with zero attached hydrogens (tertiary/aromatic N) is 1. The fraction of sp³-hybridized carbons (Fsp3) is 0.150. The third-order valence-corrected chi connectivity index (χ3v) is 7.82. The number of rotatable bonds is 8. The minimum Gasteiger partial charge on any atom is -0.482 e. The third-order valence-electron chi connectivity index (χ3n) is 4.07. The van der Waals surface area contributed by atoms with Crippen LogP contribution in [0.2, 0.25) is 10.0 Å². The molecule has 0 unspecified atom stereocenters. The molecule has 3 aromatic rings. The molecule has 0 bridgehead atoms. The summed E-state index contributed by atoms with van der Waals surface area (Å²) in [6, 6.07) is 14.5. The number of benzene rings is 2. The summed E-state index contributed by atoms with van der Waals surface area (Å²) in [5.74, 6) is -0.162. The molecule has 0 aliphatic carbocycles. The van der Waals surface area contributed by atoms with Crippen molar-refractivity contribution in [3.8, 4) is 5.75 Å². The van der Waals surface area contributed by atoms with Crippen LogP contribution in [0.3, 0.4) is 0 Å². The summed E-state index contributed by atoms with van der Waals surface area (Å²) in [4.78, 5) is 11.9. The molecule has 0 radical (unpaired) electrons. The van der Waals surface area contributed by atoms with Crippen LogP contribution in [0, 0.1) is 0 Å². The fourth-order valence-electron chi connectivity index (χ4n) is 2.42. The van der Waals surface area contributed by atoms with Gasteiger partial charge in [0.25, 0.3) is 10.0 Å². The van der Waals surface area contributed by atoms with Crippen LogP contribution in [0.4, 0.5) is 5.69 Å². The first-order valence-electron chi connectivity index (χ1n) is 8.62. The van der Waals surface area contributed by atoms with Gasteiger partial charge in [0.05, 0.1) is 5.69 Å². The van der Waals surface area contributed by atoms with Gasteiger partial charge in [-0.3, -0.25) is 4.31 Å². The van der Waals surface area contributed by atoms with Crippen LogP contribution in [0.25, 0.3) is 0 Å². The van der Waals surface area contributed by atoms with Crippen LogP contribution in [0.5, 0.6) is 5.75 Å². The molecule has 0 saturated heterocycles. The SMILES string of the molecule is CN(c1ccc(OCC(=O)OCc2ccc(Cl)cc2Cl)cc1)S(=O)(=O)c1cccs1. The second-order valence-electron chi connectivity index (χ2n) is 6.08. The monoisotopic (exact) mass is 485 g/mol. The summed E-state index contributed by atoms with van der Waals surface area (Å²) in [5, 5.41) is 2.61. The van der Waals surface area contributed by atoms with E-state index in [4.69, 9.17) is 32.7 Å². The van der Waals surface area contributed by atoms with Crippen molar-refractivity contribution in [2.75, 3.05) is 18.0 Å². The predicted molar refractivity (Wildman–Crippen MR) is 118 cm³/mol. The number of sulfonamides is 1. The van der Waals surface area contributed by atoms with Gasteiger partial charge in [-0.15, -0.1) is 11.3 Å². The fourth-order valence-corrected chi connectivity index (χ4v) is 5.24. The van der Waals surface area contributed by atoms with E-state index in [1.807, 2.05) is 0 Å². The van der Waals surface area contributed by atoms with E-state index < -0.39 is 16.0 Å². The second-order valence-corrected chi connectivity index (χ2v) is 10.1. The first-order chi connectivity index (χ1) is 14.3. The highest BCUT2D eigenvalue weighted by molar-refractivity contribution is 7.94. The van der Waals surface area contributed by atoms with Gasteiger partial charge < -0.3 is 9.47 Å². The summed E-state index contributed by atoms with van der Waals surface area (Å²) in [5.41, 5.74) is 1.10. The predicted octanol–water partition coefficient (Wildman–Crippen LogP) is 5.00. The molecule has 0 N–H and O–H groups in total. The molecule has 0 spiro atoms. The van der Waals surface area contributed by atoms with E-state index in [9.17, 15) is 13.2 Å². The van der Waals surface area contributed by atoms with Gasteiger partial charge >= 0.3 is 5.97 Å². The number of carbonyl (C=O) groups is 1. The van der Waals surface area contributed by atoms with Crippen molar-refractivity contribution in [1.82, 2.24) is 0 Å². The van der Waals surface area contributed by atoms with Gasteiger partial charge in [-0.25, -0.2) is 13.2 Å². The van der Waals surface area contributed by atoms with E-state index in [1.165, 1.54) is 11.4 Å². The van der Waals surface area contributed by atoms with Crippen molar-refractivity contribution in [2.24, 2.45) is 0 Å². The number of ether oxygens (including phenoxy) is 2. The minimum absolute atomic E-state index is 0.00249. The maximum absolute atomic E-state index is 12.6. The lowest BCUT2D eigenvalue weighted by atomic mass is 10.2. The summed E-state index contributed by atoms with van der Waals surface area (Å²) in [7, 11) is -2.13. The zero-order valence-electron chi connectivity index (χ0n) is 15.7. The van der Waals surface area contributed by atoms with E-state index in [0.717, 1.165) is 11.3 Å². The Balaban J connectivity index is 1.53. The summed E-state index contributed by atoms with van der Waals surface area (Å²) in [6.07, 6.45) is 0. The number of hydrogen-bond acceptors (Lipinski definition) is 6. The van der Waals surface area contributed by atoms with Crippen molar-refractivity contribution < 1.29 is 22.7 Å². The Morgan fingerprint density at radius 1 is 1.10 bits per heavy atom. The number of anilines is 1. The van der Waals surface area contributed by atoms with E-state index >= 15 is 0 Å². The Morgan fingerprint density at radius 2 is 1.83 bits per heavy atom. The molecule has 0 fully saturated rings. The highest BCUT2D eigenvalue weighted by Crippen LogP contribution is 2.26. The average molecular weight is 486 g/mol. The number of esters is 1. The molecule has 0 saturated carbocycles. The molecular formula is C20H17Cl2NO5S2. The van der Waals surface area contributed by atoms with Crippen molar-refractivity contribution in [1.29, 1.82) is 0 Å². The van der Waals surface area contributed by atoms with Gasteiger partial charge in [-0.2, -0.15) is 0 Å². The molecule has 158 valence electrons. The van der Waals surface area contributed by atoms with Gasteiger partial charge in [0.15, 0.2) is 6.61 Å². The standard InChI is InChI=1S/C20H17Cl2NO5S2/c1-23(30(25,26)20-3-2-10-29-20)16-6-8-17(9-7-16)27-13-19(24)28-12-14-4-5-15(21)11-18(14)22/h2-11H,12-13H2,1H3. The van der Waals surface area contributed by atoms with Crippen molar-refractivity contribution in [3.63, 3.8) is 0 Å². The highest BCUT2D eigenvalue weighted by Gasteiger charge is 2.22. The van der Waals surface area contributed by atoms with Crippen LogP contribution < -0.4 is 9.04 Å². The van der Waals surface area contributed by atoms with Crippen molar-refractivity contribution >= 4 is 56.2 Å². The molecule has 0 amide bonds. The van der Waals surface area contributed by atoms with Gasteiger partial charge in [0, 0.05) is 22.7 Å². The van der Waals surface area contributed by atoms with Gasteiger partial charge in [-0.1, -0.05) is 35.3 Å². The normalized spacial score (nSPS) is 11.2. The Hall–Kier alpha value is -2.26. The molecule has 0 aliphatic rings. The number of halogens is 2. The van der Waals surface area contributed by atoms with Crippen LogP contribution in [-0.2, 0) is 26.2 Å². The average Bonchev–Trinajstić information content (AvgIpc) is 3.27. The molecule has 0 aliphatic heterocycles. The smallest absolute Gasteiger partial charge is 0.344 e. The number of thiophene rings is 1. The molecule has 10 heteroatoms. The zero-order valence-corrected chi connectivity index (χ0v) is 18.9. The van der Waals surface area contributed by atoms with E-state index in [-0.39, 0.29) is 17.4 Å².